The quantitative estimate of drug-likeness (QED) is 0.556. The molecule has 0 aliphatic rings. The molecule has 13 heavy (non-hydrogen) atoms. The van der Waals surface area contributed by atoms with Crippen molar-refractivity contribution in [3.8, 4) is 0 Å². The molecular formula is C5H11O6PS. The van der Waals surface area contributed by atoms with Gasteiger partial charge in [0.25, 0.3) is 10.1 Å². The van der Waals surface area contributed by atoms with Gasteiger partial charge in [-0.3, -0.25) is 9.12 Å². The van der Waals surface area contributed by atoms with Crippen LogP contribution in [0.2, 0.25) is 0 Å². The molecule has 0 amide bonds. The van der Waals surface area contributed by atoms with Crippen molar-refractivity contribution in [3.05, 3.63) is 11.9 Å². The van der Waals surface area contributed by atoms with E-state index in [0.29, 0.717) is 0 Å². The van der Waals surface area contributed by atoms with Gasteiger partial charge in [0.05, 0.1) is 5.31 Å². The van der Waals surface area contributed by atoms with Gasteiger partial charge < -0.3 is 9.05 Å². The highest BCUT2D eigenvalue weighted by molar-refractivity contribution is 7.86. The van der Waals surface area contributed by atoms with Crippen LogP contribution in [0.3, 0.4) is 0 Å². The van der Waals surface area contributed by atoms with Crippen LogP contribution in [0.25, 0.3) is 0 Å². The van der Waals surface area contributed by atoms with Gasteiger partial charge in [-0.1, -0.05) is 6.58 Å². The minimum Gasteiger partial charge on any atom is -0.309 e. The Morgan fingerprint density at radius 2 is 1.85 bits per heavy atom. The molecule has 0 aromatic rings. The lowest BCUT2D eigenvalue weighted by Gasteiger charge is -2.14. The highest BCUT2D eigenvalue weighted by atomic mass is 32.2. The first kappa shape index (κ1) is 12.8. The zero-order valence-corrected chi connectivity index (χ0v) is 8.97. The molecule has 0 aliphatic heterocycles. The van der Waals surface area contributed by atoms with Crippen LogP contribution >= 0.6 is 7.60 Å². The zero-order valence-electron chi connectivity index (χ0n) is 7.26. The summed E-state index contributed by atoms with van der Waals surface area (Å²) in [6, 6.07) is 0. The summed E-state index contributed by atoms with van der Waals surface area (Å²) in [5, 5.41) is -0.306. The second kappa shape index (κ2) is 4.34. The molecule has 1 N–H and O–H groups in total. The molecule has 0 radical (unpaired) electrons. The van der Waals surface area contributed by atoms with Gasteiger partial charge in [-0.2, -0.15) is 8.42 Å². The monoisotopic (exact) mass is 230 g/mol. The van der Waals surface area contributed by atoms with Gasteiger partial charge in [-0.25, -0.2) is 0 Å². The van der Waals surface area contributed by atoms with Gasteiger partial charge in [0, 0.05) is 14.2 Å². The van der Waals surface area contributed by atoms with Gasteiger partial charge in [0.1, 0.15) is 5.75 Å². The smallest absolute Gasteiger partial charge is 0.309 e. The Morgan fingerprint density at radius 1 is 1.46 bits per heavy atom. The maximum Gasteiger partial charge on any atom is 0.357 e. The third-order valence-corrected chi connectivity index (χ3v) is 4.04. The van der Waals surface area contributed by atoms with E-state index in [0.717, 1.165) is 14.2 Å². The molecule has 0 aromatic heterocycles. The Hall–Kier alpha value is -0.200. The van der Waals surface area contributed by atoms with Crippen molar-refractivity contribution in [3.63, 3.8) is 0 Å². The normalized spacial score (nSPS) is 12.8. The molecular weight excluding hydrogens is 219 g/mol. The SMILES string of the molecule is C=C(CS(=O)(=O)O)P(=O)(OC)OC. The summed E-state index contributed by atoms with van der Waals surface area (Å²) in [6.07, 6.45) is 0. The largest absolute Gasteiger partial charge is 0.357 e. The zero-order chi connectivity index (χ0) is 10.7. The first-order chi connectivity index (χ1) is 5.75. The molecule has 8 heteroatoms. The maximum absolute atomic E-state index is 11.4. The molecule has 0 unspecified atom stereocenters. The molecule has 0 rings (SSSR count). The first-order valence-electron chi connectivity index (χ1n) is 3.10. The van der Waals surface area contributed by atoms with E-state index >= 15 is 0 Å². The van der Waals surface area contributed by atoms with E-state index in [2.05, 4.69) is 15.6 Å². The summed E-state index contributed by atoms with van der Waals surface area (Å²) in [6.45, 7) is 3.20. The summed E-state index contributed by atoms with van der Waals surface area (Å²) in [4.78, 5) is 0. The van der Waals surface area contributed by atoms with Crippen molar-refractivity contribution in [2.24, 2.45) is 0 Å². The van der Waals surface area contributed by atoms with Crippen LogP contribution in [0.1, 0.15) is 0 Å². The number of hydrogen-bond donors (Lipinski definition) is 1. The molecule has 0 saturated carbocycles. The molecule has 0 atom stereocenters. The van der Waals surface area contributed by atoms with Crippen LogP contribution in [-0.2, 0) is 23.7 Å². The molecule has 0 bridgehead atoms. The third kappa shape index (κ3) is 4.02. The standard InChI is InChI=1S/C5H11O6PS/c1-5(4-13(7,8)9)12(6,10-2)11-3/h1,4H2,2-3H3,(H,7,8,9). The van der Waals surface area contributed by atoms with Gasteiger partial charge in [-0.05, 0) is 0 Å². The van der Waals surface area contributed by atoms with Gasteiger partial charge in [-0.15, -0.1) is 0 Å². The fourth-order valence-electron chi connectivity index (χ4n) is 0.622. The summed E-state index contributed by atoms with van der Waals surface area (Å²) in [7, 11) is -5.67. The van der Waals surface area contributed by atoms with E-state index in [-0.39, 0.29) is 5.31 Å². The lowest BCUT2D eigenvalue weighted by atomic mass is 10.7. The highest BCUT2D eigenvalue weighted by Crippen LogP contribution is 2.53. The first-order valence-corrected chi connectivity index (χ1v) is 6.25. The van der Waals surface area contributed by atoms with Crippen molar-refractivity contribution >= 4 is 17.7 Å². The van der Waals surface area contributed by atoms with Gasteiger partial charge in [0.15, 0.2) is 0 Å². The van der Waals surface area contributed by atoms with Crippen LogP contribution in [0.4, 0.5) is 0 Å². The van der Waals surface area contributed by atoms with Crippen LogP contribution < -0.4 is 0 Å². The molecule has 78 valence electrons. The van der Waals surface area contributed by atoms with Crippen molar-refractivity contribution in [2.45, 2.75) is 0 Å². The predicted molar refractivity (Wildman–Crippen MR) is 47.2 cm³/mol. The minimum absolute atomic E-state index is 0.306. The van der Waals surface area contributed by atoms with E-state index in [1.54, 1.807) is 0 Å². The molecule has 0 spiro atoms. The lowest BCUT2D eigenvalue weighted by molar-refractivity contribution is 0.283. The van der Waals surface area contributed by atoms with E-state index in [4.69, 9.17) is 4.55 Å². The van der Waals surface area contributed by atoms with E-state index in [9.17, 15) is 13.0 Å². The van der Waals surface area contributed by atoms with Crippen LogP contribution in [0, 0.1) is 0 Å². The van der Waals surface area contributed by atoms with Gasteiger partial charge in [0.2, 0.25) is 0 Å². The summed E-state index contributed by atoms with van der Waals surface area (Å²) in [5.41, 5.74) is 0. The Morgan fingerprint density at radius 3 is 2.08 bits per heavy atom. The summed E-state index contributed by atoms with van der Waals surface area (Å²) < 4.78 is 49.5. The van der Waals surface area contributed by atoms with Crippen LogP contribution in [0.5, 0.6) is 0 Å². The number of rotatable bonds is 5. The molecule has 0 fully saturated rings. The van der Waals surface area contributed by atoms with Crippen molar-refractivity contribution < 1.29 is 26.6 Å². The van der Waals surface area contributed by atoms with E-state index < -0.39 is 23.5 Å². The fourth-order valence-corrected chi connectivity index (χ4v) is 2.83. The second-order valence-electron chi connectivity index (χ2n) is 2.16. The van der Waals surface area contributed by atoms with Crippen LogP contribution in [0.15, 0.2) is 11.9 Å². The average molecular weight is 230 g/mol. The van der Waals surface area contributed by atoms with E-state index in [1.165, 1.54) is 0 Å². The predicted octanol–water partition coefficient (Wildman–Crippen LogP) is 0.874. The summed E-state index contributed by atoms with van der Waals surface area (Å²) >= 11 is 0. The lowest BCUT2D eigenvalue weighted by Crippen LogP contribution is -2.07. The maximum atomic E-state index is 11.4. The fraction of sp³-hybridized carbons (Fsp3) is 0.600. The Labute approximate surface area is 76.8 Å². The van der Waals surface area contributed by atoms with Crippen molar-refractivity contribution in [1.29, 1.82) is 0 Å². The minimum atomic E-state index is -4.26. The molecule has 6 nitrogen and oxygen atoms in total. The molecule has 0 aliphatic carbocycles. The third-order valence-electron chi connectivity index (χ3n) is 1.22. The van der Waals surface area contributed by atoms with E-state index in [1.807, 2.05) is 0 Å². The topological polar surface area (TPSA) is 89.9 Å². The second-order valence-corrected chi connectivity index (χ2v) is 5.97. The highest BCUT2D eigenvalue weighted by Gasteiger charge is 2.28. The van der Waals surface area contributed by atoms with Crippen molar-refractivity contribution in [2.75, 3.05) is 20.0 Å². The average Bonchev–Trinajstić information content (AvgIpc) is 2.00. The Balaban J connectivity index is 4.71. The Kier molecular flexibility index (Phi) is 4.28. The summed E-state index contributed by atoms with van der Waals surface area (Å²) in [5.74, 6) is -0.841. The molecule has 0 saturated heterocycles. The molecule has 0 heterocycles. The Bertz CT molecular complexity index is 323. The van der Waals surface area contributed by atoms with Crippen molar-refractivity contribution in [1.82, 2.24) is 0 Å². The number of hydrogen-bond acceptors (Lipinski definition) is 5. The van der Waals surface area contributed by atoms with Crippen LogP contribution in [-0.4, -0.2) is 32.9 Å². The molecule has 0 aromatic carbocycles. The van der Waals surface area contributed by atoms with Gasteiger partial charge >= 0.3 is 7.60 Å².